The van der Waals surface area contributed by atoms with Gasteiger partial charge in [0.15, 0.2) is 5.82 Å². The number of amides is 1. The van der Waals surface area contributed by atoms with Crippen molar-refractivity contribution in [3.8, 4) is 11.3 Å². The Balaban J connectivity index is 1.48. The van der Waals surface area contributed by atoms with Crippen molar-refractivity contribution in [2.24, 2.45) is 0 Å². The van der Waals surface area contributed by atoms with Crippen LogP contribution in [-0.4, -0.2) is 29.0 Å². The molecule has 1 fully saturated rings. The van der Waals surface area contributed by atoms with E-state index in [4.69, 9.17) is 11.6 Å². The number of carbonyl (C=O) groups excluding carboxylic acids is 1. The molecule has 1 aliphatic heterocycles. The monoisotopic (exact) mass is 406 g/mol. The molecule has 3 aromatic rings. The van der Waals surface area contributed by atoms with Crippen LogP contribution in [0.4, 0.5) is 5.82 Å². The summed E-state index contributed by atoms with van der Waals surface area (Å²) in [6.07, 6.45) is 7.09. The third-order valence-electron chi connectivity index (χ3n) is 5.15. The van der Waals surface area contributed by atoms with Crippen LogP contribution in [0.5, 0.6) is 0 Å². The van der Waals surface area contributed by atoms with E-state index in [1.807, 2.05) is 48.5 Å². The van der Waals surface area contributed by atoms with E-state index in [2.05, 4.69) is 20.2 Å². The van der Waals surface area contributed by atoms with Crippen LogP contribution in [-0.2, 0) is 6.54 Å². The molecule has 6 heteroatoms. The van der Waals surface area contributed by atoms with E-state index in [0.29, 0.717) is 17.1 Å². The summed E-state index contributed by atoms with van der Waals surface area (Å²) in [5, 5.41) is 3.57. The van der Waals surface area contributed by atoms with Crippen LogP contribution in [0.3, 0.4) is 0 Å². The smallest absolute Gasteiger partial charge is 0.251 e. The first-order chi connectivity index (χ1) is 14.2. The molecule has 0 atom stereocenters. The average Bonchev–Trinajstić information content (AvgIpc) is 2.79. The van der Waals surface area contributed by atoms with Crippen LogP contribution in [0, 0.1) is 0 Å². The van der Waals surface area contributed by atoms with Gasteiger partial charge in [0.05, 0.1) is 0 Å². The molecule has 0 spiro atoms. The number of anilines is 1. The average molecular weight is 407 g/mol. The highest BCUT2D eigenvalue weighted by atomic mass is 35.5. The van der Waals surface area contributed by atoms with Gasteiger partial charge in [-0.05, 0) is 43.0 Å². The molecule has 0 aliphatic carbocycles. The second-order valence-electron chi connectivity index (χ2n) is 7.13. The number of benzene rings is 2. The molecule has 1 saturated heterocycles. The van der Waals surface area contributed by atoms with Gasteiger partial charge in [-0.25, -0.2) is 4.98 Å². The quantitative estimate of drug-likeness (QED) is 0.666. The first kappa shape index (κ1) is 19.4. The number of nitrogens with zero attached hydrogens (tertiary/aromatic N) is 3. The third-order valence-corrected chi connectivity index (χ3v) is 5.52. The lowest BCUT2D eigenvalue weighted by atomic mass is 10.1. The second kappa shape index (κ2) is 9.05. The van der Waals surface area contributed by atoms with Crippen molar-refractivity contribution in [1.82, 2.24) is 15.3 Å². The molecule has 2 aromatic carbocycles. The van der Waals surface area contributed by atoms with E-state index >= 15 is 0 Å². The summed E-state index contributed by atoms with van der Waals surface area (Å²) in [5.74, 6) is 0.787. The zero-order chi connectivity index (χ0) is 20.1. The highest BCUT2D eigenvalue weighted by molar-refractivity contribution is 6.31. The van der Waals surface area contributed by atoms with Crippen molar-refractivity contribution in [2.75, 3.05) is 18.0 Å². The molecule has 4 rings (SSSR count). The van der Waals surface area contributed by atoms with Crippen molar-refractivity contribution in [3.05, 3.63) is 77.1 Å². The number of aromatic nitrogens is 2. The summed E-state index contributed by atoms with van der Waals surface area (Å²) in [6.45, 7) is 2.41. The van der Waals surface area contributed by atoms with Gasteiger partial charge < -0.3 is 10.2 Å². The third kappa shape index (κ3) is 4.57. The molecule has 0 saturated carbocycles. The van der Waals surface area contributed by atoms with Gasteiger partial charge in [0.2, 0.25) is 0 Å². The first-order valence-electron chi connectivity index (χ1n) is 9.90. The molecule has 0 radical (unpaired) electrons. The molecule has 5 nitrogen and oxygen atoms in total. The maximum atomic E-state index is 12.5. The summed E-state index contributed by atoms with van der Waals surface area (Å²) >= 11 is 6.15. The van der Waals surface area contributed by atoms with Gasteiger partial charge in [0.1, 0.15) is 5.69 Å². The summed E-state index contributed by atoms with van der Waals surface area (Å²) in [7, 11) is 0. The van der Waals surface area contributed by atoms with E-state index in [9.17, 15) is 4.79 Å². The molecule has 29 heavy (non-hydrogen) atoms. The zero-order valence-corrected chi connectivity index (χ0v) is 16.9. The molecular weight excluding hydrogens is 384 g/mol. The SMILES string of the molecule is O=C(NCc1ccccc1Cl)c1ccc(-c2nccnc2N2CCCCC2)cc1. The highest BCUT2D eigenvalue weighted by Gasteiger charge is 2.18. The fourth-order valence-corrected chi connectivity index (χ4v) is 3.77. The number of carbonyl (C=O) groups is 1. The normalized spacial score (nSPS) is 13.9. The lowest BCUT2D eigenvalue weighted by Crippen LogP contribution is -2.30. The number of halogens is 1. The number of hydrogen-bond acceptors (Lipinski definition) is 4. The standard InChI is InChI=1S/C23H23ClN4O/c24-20-7-3-2-6-19(20)16-27-23(29)18-10-8-17(9-11-18)21-22(26-13-12-25-21)28-14-4-1-5-15-28/h2-3,6-13H,1,4-5,14-16H2,(H,27,29). The predicted molar refractivity (Wildman–Crippen MR) is 116 cm³/mol. The van der Waals surface area contributed by atoms with Crippen molar-refractivity contribution in [1.29, 1.82) is 0 Å². The van der Waals surface area contributed by atoms with E-state index in [1.54, 1.807) is 12.4 Å². The minimum absolute atomic E-state index is 0.133. The fourth-order valence-electron chi connectivity index (χ4n) is 3.57. The maximum absolute atomic E-state index is 12.5. The zero-order valence-electron chi connectivity index (χ0n) is 16.1. The molecule has 1 aromatic heterocycles. The minimum atomic E-state index is -0.133. The van der Waals surface area contributed by atoms with Crippen LogP contribution in [0.25, 0.3) is 11.3 Å². The minimum Gasteiger partial charge on any atom is -0.355 e. The molecule has 148 valence electrons. The lowest BCUT2D eigenvalue weighted by molar-refractivity contribution is 0.0951. The van der Waals surface area contributed by atoms with E-state index in [1.165, 1.54) is 19.3 Å². The van der Waals surface area contributed by atoms with Crippen molar-refractivity contribution < 1.29 is 4.79 Å². The molecule has 0 unspecified atom stereocenters. The molecule has 1 N–H and O–H groups in total. The van der Waals surface area contributed by atoms with Gasteiger partial charge in [0, 0.05) is 48.2 Å². The Morgan fingerprint density at radius 2 is 1.69 bits per heavy atom. The molecule has 1 aliphatic rings. The number of rotatable bonds is 5. The van der Waals surface area contributed by atoms with Crippen molar-refractivity contribution in [2.45, 2.75) is 25.8 Å². The van der Waals surface area contributed by atoms with Gasteiger partial charge in [-0.2, -0.15) is 0 Å². The molecule has 1 amide bonds. The van der Waals surface area contributed by atoms with Gasteiger partial charge in [0.25, 0.3) is 5.91 Å². The Bertz CT molecular complexity index is 984. The first-order valence-corrected chi connectivity index (χ1v) is 10.3. The Morgan fingerprint density at radius 3 is 2.45 bits per heavy atom. The fraction of sp³-hybridized carbons (Fsp3) is 0.261. The van der Waals surface area contributed by atoms with E-state index in [-0.39, 0.29) is 5.91 Å². The van der Waals surface area contributed by atoms with Crippen LogP contribution < -0.4 is 10.2 Å². The Labute approximate surface area is 175 Å². The van der Waals surface area contributed by atoms with Gasteiger partial charge in [-0.3, -0.25) is 9.78 Å². The molecule has 2 heterocycles. The topological polar surface area (TPSA) is 58.1 Å². The van der Waals surface area contributed by atoms with Gasteiger partial charge >= 0.3 is 0 Å². The lowest BCUT2D eigenvalue weighted by Gasteiger charge is -2.28. The van der Waals surface area contributed by atoms with E-state index in [0.717, 1.165) is 35.7 Å². The van der Waals surface area contributed by atoms with Crippen LogP contribution in [0.2, 0.25) is 5.02 Å². The highest BCUT2D eigenvalue weighted by Crippen LogP contribution is 2.28. The molecule has 0 bridgehead atoms. The maximum Gasteiger partial charge on any atom is 0.251 e. The van der Waals surface area contributed by atoms with Gasteiger partial charge in [-0.15, -0.1) is 0 Å². The van der Waals surface area contributed by atoms with E-state index < -0.39 is 0 Å². The summed E-state index contributed by atoms with van der Waals surface area (Å²) < 4.78 is 0. The Kier molecular flexibility index (Phi) is 6.06. The Hall–Kier alpha value is -2.92. The van der Waals surface area contributed by atoms with Crippen molar-refractivity contribution >= 4 is 23.3 Å². The summed E-state index contributed by atoms with van der Waals surface area (Å²) in [4.78, 5) is 23.9. The predicted octanol–water partition coefficient (Wildman–Crippen LogP) is 4.72. The Morgan fingerprint density at radius 1 is 0.966 bits per heavy atom. The number of hydrogen-bond donors (Lipinski definition) is 1. The summed E-state index contributed by atoms with van der Waals surface area (Å²) in [6, 6.07) is 15.0. The van der Waals surface area contributed by atoms with Crippen molar-refractivity contribution in [3.63, 3.8) is 0 Å². The van der Waals surface area contributed by atoms with Crippen LogP contribution in [0.1, 0.15) is 35.2 Å². The van der Waals surface area contributed by atoms with Crippen LogP contribution >= 0.6 is 11.6 Å². The number of piperidine rings is 1. The number of nitrogens with one attached hydrogen (secondary N) is 1. The second-order valence-corrected chi connectivity index (χ2v) is 7.53. The van der Waals surface area contributed by atoms with Crippen LogP contribution in [0.15, 0.2) is 60.9 Å². The largest absolute Gasteiger partial charge is 0.355 e. The molecular formula is C23H23ClN4O. The summed E-state index contributed by atoms with van der Waals surface area (Å²) in [5.41, 5.74) is 3.31. The van der Waals surface area contributed by atoms with Gasteiger partial charge in [-0.1, -0.05) is 41.9 Å².